The zero-order valence-corrected chi connectivity index (χ0v) is 19.8. The van der Waals surface area contributed by atoms with Crippen LogP contribution >= 0.6 is 0 Å². The van der Waals surface area contributed by atoms with E-state index in [2.05, 4.69) is 19.2 Å². The number of amides is 1. The number of ether oxygens (including phenoxy) is 1. The van der Waals surface area contributed by atoms with Gasteiger partial charge in [0.15, 0.2) is 0 Å². The highest BCUT2D eigenvalue weighted by molar-refractivity contribution is 7.92. The highest BCUT2D eigenvalue weighted by Gasteiger charge is 2.39. The van der Waals surface area contributed by atoms with Gasteiger partial charge in [0.2, 0.25) is 15.9 Å². The molecule has 0 aliphatic carbocycles. The van der Waals surface area contributed by atoms with Gasteiger partial charge in [-0.25, -0.2) is 8.42 Å². The van der Waals surface area contributed by atoms with E-state index in [-0.39, 0.29) is 24.1 Å². The van der Waals surface area contributed by atoms with Gasteiger partial charge in [-0.3, -0.25) is 9.10 Å². The fraction of sp³-hybridized carbons (Fsp3) is 0.458. The number of anilines is 1. The van der Waals surface area contributed by atoms with Crippen molar-refractivity contribution in [2.45, 2.75) is 58.6 Å². The summed E-state index contributed by atoms with van der Waals surface area (Å²) in [5.41, 5.74) is 2.91. The third-order valence-corrected chi connectivity index (χ3v) is 7.48. The maximum atomic E-state index is 13.1. The third-order valence-electron chi connectivity index (χ3n) is 6.35. The van der Waals surface area contributed by atoms with Gasteiger partial charge in [0.05, 0.1) is 18.0 Å². The minimum atomic E-state index is -3.64. The average molecular weight is 445 g/mol. The van der Waals surface area contributed by atoms with Gasteiger partial charge in [-0.1, -0.05) is 44.2 Å². The molecule has 0 aromatic heterocycles. The maximum absolute atomic E-state index is 13.1. The molecule has 0 bridgehead atoms. The summed E-state index contributed by atoms with van der Waals surface area (Å²) in [6.07, 6.45) is 3.42. The Morgan fingerprint density at radius 3 is 2.45 bits per heavy atom. The Kier molecular flexibility index (Phi) is 6.65. The normalized spacial score (nSPS) is 17.4. The van der Waals surface area contributed by atoms with Crippen molar-refractivity contribution in [2.75, 3.05) is 17.1 Å². The molecule has 168 valence electrons. The lowest BCUT2D eigenvalue weighted by Crippen LogP contribution is -2.47. The largest absolute Gasteiger partial charge is 0.487 e. The number of fused-ring (bicyclic) bond motifs is 1. The number of hydrogen-bond acceptors (Lipinski definition) is 4. The molecule has 0 fully saturated rings. The summed E-state index contributed by atoms with van der Waals surface area (Å²) >= 11 is 0. The van der Waals surface area contributed by atoms with E-state index in [4.69, 9.17) is 4.74 Å². The molecular weight excluding hydrogens is 412 g/mol. The molecule has 0 unspecified atom stereocenters. The Bertz CT molecular complexity index is 1060. The SMILES string of the molecule is CCC1(CC)C[C@@H](NC(=O)CN(c2cccc(C)c2C)S(C)(=O)=O)c2ccccc2O1. The molecule has 1 atom stereocenters. The van der Waals surface area contributed by atoms with Crippen LogP contribution in [0.1, 0.15) is 55.8 Å². The number of benzene rings is 2. The van der Waals surface area contributed by atoms with Crippen LogP contribution in [0, 0.1) is 13.8 Å². The Morgan fingerprint density at radius 2 is 1.81 bits per heavy atom. The van der Waals surface area contributed by atoms with Crippen LogP contribution in [0.3, 0.4) is 0 Å². The van der Waals surface area contributed by atoms with Gasteiger partial charge in [0.25, 0.3) is 0 Å². The van der Waals surface area contributed by atoms with Gasteiger partial charge < -0.3 is 10.1 Å². The molecule has 3 rings (SSSR count). The van der Waals surface area contributed by atoms with E-state index in [1.165, 1.54) is 4.31 Å². The van der Waals surface area contributed by atoms with Crippen molar-refractivity contribution in [1.29, 1.82) is 0 Å². The van der Waals surface area contributed by atoms with Crippen molar-refractivity contribution in [1.82, 2.24) is 5.32 Å². The van der Waals surface area contributed by atoms with Crippen molar-refractivity contribution in [3.8, 4) is 5.75 Å². The minimum Gasteiger partial charge on any atom is -0.487 e. The highest BCUT2D eigenvalue weighted by atomic mass is 32.2. The molecule has 1 amide bonds. The van der Waals surface area contributed by atoms with Crippen LogP contribution in [0.15, 0.2) is 42.5 Å². The molecular formula is C24H32N2O4S. The molecule has 1 aliphatic heterocycles. The topological polar surface area (TPSA) is 75.7 Å². The van der Waals surface area contributed by atoms with E-state index in [0.29, 0.717) is 12.1 Å². The first-order chi connectivity index (χ1) is 14.6. The van der Waals surface area contributed by atoms with E-state index >= 15 is 0 Å². The van der Waals surface area contributed by atoms with Crippen molar-refractivity contribution >= 4 is 21.6 Å². The fourth-order valence-electron chi connectivity index (χ4n) is 4.19. The first kappa shape index (κ1) is 23.1. The van der Waals surface area contributed by atoms with Crippen LogP contribution in [0.5, 0.6) is 5.75 Å². The number of carbonyl (C=O) groups is 1. The van der Waals surface area contributed by atoms with Gasteiger partial charge in [0.1, 0.15) is 17.9 Å². The summed E-state index contributed by atoms with van der Waals surface area (Å²) in [5.74, 6) is 0.436. The van der Waals surface area contributed by atoms with Crippen LogP contribution < -0.4 is 14.4 Å². The third kappa shape index (κ3) is 4.87. The number of aryl methyl sites for hydroxylation is 1. The fourth-order valence-corrected chi connectivity index (χ4v) is 5.09. The Morgan fingerprint density at radius 1 is 1.13 bits per heavy atom. The number of para-hydroxylation sites is 1. The first-order valence-corrected chi connectivity index (χ1v) is 12.6. The molecule has 0 saturated heterocycles. The molecule has 2 aromatic carbocycles. The van der Waals surface area contributed by atoms with Gasteiger partial charge in [-0.2, -0.15) is 0 Å². The number of sulfonamides is 1. The maximum Gasteiger partial charge on any atom is 0.241 e. The molecule has 1 N–H and O–H groups in total. The number of carbonyl (C=O) groups excluding carboxylic acids is 1. The molecule has 7 heteroatoms. The molecule has 31 heavy (non-hydrogen) atoms. The predicted molar refractivity (Wildman–Crippen MR) is 124 cm³/mol. The lowest BCUT2D eigenvalue weighted by Gasteiger charge is -2.41. The second-order valence-electron chi connectivity index (χ2n) is 8.34. The lowest BCUT2D eigenvalue weighted by molar-refractivity contribution is -0.121. The van der Waals surface area contributed by atoms with Crippen LogP contribution in [0.4, 0.5) is 5.69 Å². The van der Waals surface area contributed by atoms with Gasteiger partial charge in [-0.05, 0) is 49.9 Å². The Balaban J connectivity index is 1.88. The summed E-state index contributed by atoms with van der Waals surface area (Å²) in [7, 11) is -3.64. The molecule has 1 aliphatic rings. The molecule has 0 spiro atoms. The van der Waals surface area contributed by atoms with Crippen LogP contribution in [0.25, 0.3) is 0 Å². The van der Waals surface area contributed by atoms with Crippen LogP contribution in [-0.2, 0) is 14.8 Å². The van der Waals surface area contributed by atoms with E-state index in [1.807, 2.05) is 44.2 Å². The zero-order valence-electron chi connectivity index (χ0n) is 18.9. The smallest absolute Gasteiger partial charge is 0.241 e. The van der Waals surface area contributed by atoms with Gasteiger partial charge in [0, 0.05) is 12.0 Å². The van der Waals surface area contributed by atoms with E-state index in [0.717, 1.165) is 41.5 Å². The second-order valence-corrected chi connectivity index (χ2v) is 10.2. The summed E-state index contributed by atoms with van der Waals surface area (Å²) in [5, 5.41) is 3.08. The molecule has 0 saturated carbocycles. The van der Waals surface area contributed by atoms with Crippen molar-refractivity contribution in [3.05, 3.63) is 59.2 Å². The van der Waals surface area contributed by atoms with Crippen molar-refractivity contribution < 1.29 is 17.9 Å². The van der Waals surface area contributed by atoms with E-state index < -0.39 is 10.0 Å². The summed E-state index contributed by atoms with van der Waals surface area (Å²) in [6.45, 7) is 7.69. The van der Waals surface area contributed by atoms with E-state index in [9.17, 15) is 13.2 Å². The zero-order chi connectivity index (χ0) is 22.8. The quantitative estimate of drug-likeness (QED) is 0.692. The summed E-state index contributed by atoms with van der Waals surface area (Å²) < 4.78 is 32.6. The molecule has 0 radical (unpaired) electrons. The predicted octanol–water partition coefficient (Wildman–Crippen LogP) is 4.27. The summed E-state index contributed by atoms with van der Waals surface area (Å²) in [6, 6.07) is 12.9. The number of rotatable bonds is 7. The second kappa shape index (κ2) is 8.91. The average Bonchev–Trinajstić information content (AvgIpc) is 2.73. The van der Waals surface area contributed by atoms with Crippen LogP contribution in [0.2, 0.25) is 0 Å². The Hall–Kier alpha value is -2.54. The van der Waals surface area contributed by atoms with Crippen molar-refractivity contribution in [2.24, 2.45) is 0 Å². The lowest BCUT2D eigenvalue weighted by atomic mass is 9.83. The first-order valence-electron chi connectivity index (χ1n) is 10.7. The van der Waals surface area contributed by atoms with Gasteiger partial charge >= 0.3 is 0 Å². The molecule has 1 heterocycles. The van der Waals surface area contributed by atoms with E-state index in [1.54, 1.807) is 12.1 Å². The monoisotopic (exact) mass is 444 g/mol. The highest BCUT2D eigenvalue weighted by Crippen LogP contribution is 2.42. The standard InChI is InChI=1S/C24H32N2O4S/c1-6-24(7-2)15-20(19-12-8-9-14-22(19)30-24)25-23(27)16-26(31(5,28)29)21-13-10-11-17(3)18(21)4/h8-14,20H,6-7,15-16H2,1-5H3,(H,25,27)/t20-/m1/s1. The molecule has 6 nitrogen and oxygen atoms in total. The minimum absolute atomic E-state index is 0.239. The number of nitrogens with one attached hydrogen (secondary N) is 1. The number of hydrogen-bond donors (Lipinski definition) is 1. The summed E-state index contributed by atoms with van der Waals surface area (Å²) in [4.78, 5) is 13.1. The molecule has 2 aromatic rings. The van der Waals surface area contributed by atoms with Gasteiger partial charge in [-0.15, -0.1) is 0 Å². The Labute approximate surface area is 185 Å². The van der Waals surface area contributed by atoms with Crippen molar-refractivity contribution in [3.63, 3.8) is 0 Å². The number of nitrogens with zero attached hydrogens (tertiary/aromatic N) is 1. The van der Waals surface area contributed by atoms with Crippen LogP contribution in [-0.4, -0.2) is 32.7 Å².